The van der Waals surface area contributed by atoms with Crippen LogP contribution in [0.4, 0.5) is 0 Å². The lowest BCUT2D eigenvalue weighted by atomic mass is 9.84. The number of amides is 1. The zero-order chi connectivity index (χ0) is 15.5. The highest BCUT2D eigenvalue weighted by Gasteiger charge is 2.29. The lowest BCUT2D eigenvalue weighted by Crippen LogP contribution is -2.43. The quantitative estimate of drug-likeness (QED) is 0.925. The third-order valence-corrected chi connectivity index (χ3v) is 3.63. The number of carbonyl (C=O) groups is 2. The second-order valence-electron chi connectivity index (χ2n) is 6.20. The van der Waals surface area contributed by atoms with Crippen LogP contribution in [0.3, 0.4) is 0 Å². The number of carbonyl (C=O) groups excluding carboxylic acids is 1. The molecule has 1 aliphatic rings. The molecule has 2 rings (SSSR count). The third-order valence-electron chi connectivity index (χ3n) is 3.63. The fraction of sp³-hybridized carbons (Fsp3) is 0.500. The monoisotopic (exact) mass is 291 g/mol. The molecule has 0 saturated carbocycles. The number of carboxylic acids is 1. The van der Waals surface area contributed by atoms with Crippen LogP contribution in [0.15, 0.2) is 24.3 Å². The van der Waals surface area contributed by atoms with Gasteiger partial charge in [-0.2, -0.15) is 0 Å². The van der Waals surface area contributed by atoms with Crippen LogP contribution in [0, 0.1) is 5.41 Å². The Bertz CT molecular complexity index is 539. The van der Waals surface area contributed by atoms with E-state index in [1.165, 1.54) is 0 Å². The number of rotatable bonds is 4. The van der Waals surface area contributed by atoms with E-state index in [1.54, 1.807) is 24.3 Å². The zero-order valence-corrected chi connectivity index (χ0v) is 12.5. The first-order chi connectivity index (χ1) is 9.87. The minimum Gasteiger partial charge on any atom is -0.482 e. The normalized spacial score (nSPS) is 17.3. The van der Waals surface area contributed by atoms with Gasteiger partial charge >= 0.3 is 5.97 Å². The summed E-state index contributed by atoms with van der Waals surface area (Å²) in [4.78, 5) is 24.9. The number of benzene rings is 1. The first kappa shape index (κ1) is 15.4. The highest BCUT2D eigenvalue weighted by molar-refractivity contribution is 5.94. The Balaban J connectivity index is 2.08. The molecule has 1 aliphatic heterocycles. The molecular weight excluding hydrogens is 270 g/mol. The number of aliphatic carboxylic acids is 1. The maximum atomic E-state index is 12.5. The van der Waals surface area contributed by atoms with E-state index in [0.29, 0.717) is 11.3 Å². The van der Waals surface area contributed by atoms with Crippen molar-refractivity contribution in [1.29, 1.82) is 0 Å². The van der Waals surface area contributed by atoms with E-state index in [2.05, 4.69) is 13.8 Å². The Morgan fingerprint density at radius 2 is 2.14 bits per heavy atom. The fourth-order valence-electron chi connectivity index (χ4n) is 2.64. The van der Waals surface area contributed by atoms with Crippen molar-refractivity contribution in [3.8, 4) is 5.75 Å². The van der Waals surface area contributed by atoms with E-state index < -0.39 is 12.6 Å². The molecule has 1 N–H and O–H groups in total. The minimum atomic E-state index is -1.04. The van der Waals surface area contributed by atoms with E-state index in [1.807, 2.05) is 4.90 Å². The molecule has 1 heterocycles. The average Bonchev–Trinajstić information content (AvgIpc) is 2.43. The smallest absolute Gasteiger partial charge is 0.341 e. The average molecular weight is 291 g/mol. The van der Waals surface area contributed by atoms with Crippen LogP contribution >= 0.6 is 0 Å². The molecular formula is C16H21NO4. The molecule has 0 unspecified atom stereocenters. The van der Waals surface area contributed by atoms with Gasteiger partial charge in [-0.25, -0.2) is 4.79 Å². The lowest BCUT2D eigenvalue weighted by Gasteiger charge is -2.38. The van der Waals surface area contributed by atoms with E-state index >= 15 is 0 Å². The lowest BCUT2D eigenvalue weighted by molar-refractivity contribution is -0.139. The van der Waals surface area contributed by atoms with Crippen molar-refractivity contribution in [3.05, 3.63) is 29.8 Å². The van der Waals surface area contributed by atoms with Crippen LogP contribution in [0.5, 0.6) is 5.75 Å². The molecule has 114 valence electrons. The van der Waals surface area contributed by atoms with Gasteiger partial charge in [-0.15, -0.1) is 0 Å². The second-order valence-corrected chi connectivity index (χ2v) is 6.20. The topological polar surface area (TPSA) is 66.8 Å². The summed E-state index contributed by atoms with van der Waals surface area (Å²) < 4.78 is 5.12. The van der Waals surface area contributed by atoms with Crippen molar-refractivity contribution >= 4 is 11.9 Å². The van der Waals surface area contributed by atoms with Crippen molar-refractivity contribution in [2.24, 2.45) is 5.41 Å². The number of nitrogens with zero attached hydrogens (tertiary/aromatic N) is 1. The molecule has 21 heavy (non-hydrogen) atoms. The molecule has 1 amide bonds. The summed E-state index contributed by atoms with van der Waals surface area (Å²) in [7, 11) is 0. The van der Waals surface area contributed by atoms with E-state index in [9.17, 15) is 9.59 Å². The van der Waals surface area contributed by atoms with Crippen LogP contribution in [0.2, 0.25) is 0 Å². The van der Waals surface area contributed by atoms with Gasteiger partial charge in [-0.3, -0.25) is 4.79 Å². The highest BCUT2D eigenvalue weighted by atomic mass is 16.5. The second kappa shape index (κ2) is 6.16. The maximum Gasteiger partial charge on any atom is 0.341 e. The zero-order valence-electron chi connectivity index (χ0n) is 12.5. The van der Waals surface area contributed by atoms with Crippen LogP contribution in [-0.2, 0) is 4.79 Å². The number of piperidine rings is 1. The molecule has 1 aromatic rings. The van der Waals surface area contributed by atoms with E-state index in [-0.39, 0.29) is 11.3 Å². The molecule has 1 aromatic carbocycles. The largest absolute Gasteiger partial charge is 0.482 e. The maximum absolute atomic E-state index is 12.5. The Morgan fingerprint density at radius 3 is 2.81 bits per heavy atom. The van der Waals surface area contributed by atoms with Gasteiger partial charge < -0.3 is 14.7 Å². The summed E-state index contributed by atoms with van der Waals surface area (Å²) in [6, 6.07) is 6.70. The minimum absolute atomic E-state index is 0.0245. The molecule has 0 radical (unpaired) electrons. The van der Waals surface area contributed by atoms with Gasteiger partial charge in [0.25, 0.3) is 5.91 Å². The Morgan fingerprint density at radius 1 is 1.38 bits per heavy atom. The van der Waals surface area contributed by atoms with Crippen molar-refractivity contribution in [2.45, 2.75) is 26.7 Å². The van der Waals surface area contributed by atoms with Gasteiger partial charge in [0, 0.05) is 18.7 Å². The predicted octanol–water partition coefficient (Wildman–Crippen LogP) is 2.41. The van der Waals surface area contributed by atoms with Crippen LogP contribution in [0.1, 0.15) is 37.0 Å². The van der Waals surface area contributed by atoms with Gasteiger partial charge in [0.15, 0.2) is 6.61 Å². The Kier molecular flexibility index (Phi) is 4.50. The Labute approximate surface area is 124 Å². The van der Waals surface area contributed by atoms with Crippen molar-refractivity contribution in [2.75, 3.05) is 19.7 Å². The third kappa shape index (κ3) is 4.21. The molecule has 1 saturated heterocycles. The van der Waals surface area contributed by atoms with Crippen molar-refractivity contribution in [3.63, 3.8) is 0 Å². The van der Waals surface area contributed by atoms with Crippen LogP contribution in [-0.4, -0.2) is 41.6 Å². The summed E-state index contributed by atoms with van der Waals surface area (Å²) in [5.74, 6) is -0.660. The van der Waals surface area contributed by atoms with Gasteiger partial charge in [0.05, 0.1) is 0 Å². The fourth-order valence-corrected chi connectivity index (χ4v) is 2.64. The number of ether oxygens (including phenoxy) is 1. The van der Waals surface area contributed by atoms with E-state index in [4.69, 9.17) is 9.84 Å². The summed E-state index contributed by atoms with van der Waals surface area (Å²) in [5.41, 5.74) is 0.682. The van der Waals surface area contributed by atoms with Gasteiger partial charge in [0.2, 0.25) is 0 Å². The summed E-state index contributed by atoms with van der Waals surface area (Å²) in [6.07, 6.45) is 2.13. The summed E-state index contributed by atoms with van der Waals surface area (Å²) >= 11 is 0. The molecule has 0 aromatic heterocycles. The standard InChI is InChI=1S/C16H21NO4/c1-16(2)7-4-8-17(11-16)15(20)12-5-3-6-13(9-12)21-10-14(18)19/h3,5-6,9H,4,7-8,10-11H2,1-2H3,(H,18,19). The number of hydrogen-bond donors (Lipinski definition) is 1. The van der Waals surface area contributed by atoms with Crippen molar-refractivity contribution < 1.29 is 19.4 Å². The molecule has 5 nitrogen and oxygen atoms in total. The summed E-state index contributed by atoms with van der Waals surface area (Å²) in [6.45, 7) is 5.43. The molecule has 0 atom stereocenters. The first-order valence-corrected chi connectivity index (χ1v) is 7.11. The molecule has 0 bridgehead atoms. The molecule has 1 fully saturated rings. The van der Waals surface area contributed by atoms with Crippen molar-refractivity contribution in [1.82, 2.24) is 4.90 Å². The molecule has 0 spiro atoms. The molecule has 5 heteroatoms. The first-order valence-electron chi connectivity index (χ1n) is 7.11. The Hall–Kier alpha value is -2.04. The van der Waals surface area contributed by atoms with Gasteiger partial charge in [0.1, 0.15) is 5.75 Å². The predicted molar refractivity (Wildman–Crippen MR) is 78.5 cm³/mol. The van der Waals surface area contributed by atoms with Crippen LogP contribution < -0.4 is 4.74 Å². The van der Waals surface area contributed by atoms with Gasteiger partial charge in [-0.1, -0.05) is 19.9 Å². The van der Waals surface area contributed by atoms with Gasteiger partial charge in [-0.05, 0) is 36.5 Å². The number of likely N-dealkylation sites (tertiary alicyclic amines) is 1. The number of hydrogen-bond acceptors (Lipinski definition) is 3. The number of carboxylic acid groups (broad SMARTS) is 1. The van der Waals surface area contributed by atoms with E-state index in [0.717, 1.165) is 25.9 Å². The van der Waals surface area contributed by atoms with Crippen LogP contribution in [0.25, 0.3) is 0 Å². The molecule has 0 aliphatic carbocycles. The highest BCUT2D eigenvalue weighted by Crippen LogP contribution is 2.29. The summed E-state index contributed by atoms with van der Waals surface area (Å²) in [5, 5.41) is 8.61. The SMILES string of the molecule is CC1(C)CCCN(C(=O)c2cccc(OCC(=O)O)c2)C1.